The van der Waals surface area contributed by atoms with Crippen molar-refractivity contribution in [2.75, 3.05) is 13.2 Å². The smallest absolute Gasteiger partial charge is 0.486 e. The summed E-state index contributed by atoms with van der Waals surface area (Å²) in [5.74, 6) is -0.784. The van der Waals surface area contributed by atoms with E-state index in [1.54, 1.807) is 6.07 Å². The Morgan fingerprint density at radius 3 is 2.50 bits per heavy atom. The molecule has 10 heteroatoms. The Labute approximate surface area is 146 Å². The fourth-order valence-corrected chi connectivity index (χ4v) is 1.78. The van der Waals surface area contributed by atoms with Crippen LogP contribution >= 0.6 is 0 Å². The van der Waals surface area contributed by atoms with E-state index in [9.17, 15) is 13.2 Å². The number of alkyl halides is 3. The van der Waals surface area contributed by atoms with Crippen LogP contribution in [0.2, 0.25) is 0 Å². The van der Waals surface area contributed by atoms with Crippen molar-refractivity contribution in [1.82, 2.24) is 10.5 Å². The maximum atomic E-state index is 10.6. The number of nitrogens with one attached hydrogen (secondary N) is 1. The molecular formula is C16H17F3N2O5. The van der Waals surface area contributed by atoms with Crippen LogP contribution in [0.4, 0.5) is 13.2 Å². The zero-order valence-electron chi connectivity index (χ0n) is 13.5. The molecule has 0 saturated carbocycles. The van der Waals surface area contributed by atoms with Gasteiger partial charge < -0.3 is 24.4 Å². The number of hydrogen-bond acceptors (Lipinski definition) is 6. The van der Waals surface area contributed by atoms with Crippen LogP contribution in [0.1, 0.15) is 12.2 Å². The Bertz CT molecular complexity index is 687. The number of hydrogen-bond donors (Lipinski definition) is 2. The Kier molecular flexibility index (Phi) is 6.84. The summed E-state index contributed by atoms with van der Waals surface area (Å²) in [6.45, 7) is 2.05. The van der Waals surface area contributed by atoms with Gasteiger partial charge in [-0.05, 0) is 30.3 Å². The van der Waals surface area contributed by atoms with Crippen molar-refractivity contribution < 1.29 is 37.1 Å². The van der Waals surface area contributed by atoms with Gasteiger partial charge in [-0.15, -0.1) is 0 Å². The molecule has 0 aliphatic carbocycles. The van der Waals surface area contributed by atoms with Crippen molar-refractivity contribution in [3.8, 4) is 11.6 Å². The Hall–Kier alpha value is -2.75. The highest BCUT2D eigenvalue weighted by Crippen LogP contribution is 2.16. The molecule has 0 radical (unpaired) electrons. The quantitative estimate of drug-likeness (QED) is 0.803. The minimum absolute atomic E-state index is 0.349. The van der Waals surface area contributed by atoms with Crippen LogP contribution in [-0.2, 0) is 11.4 Å². The maximum absolute atomic E-state index is 10.6. The number of aromatic nitrogens is 1. The summed E-state index contributed by atoms with van der Waals surface area (Å²) in [6.07, 6.45) is -3.93. The van der Waals surface area contributed by atoms with Crippen LogP contribution in [0.5, 0.6) is 11.6 Å². The van der Waals surface area contributed by atoms with Gasteiger partial charge in [-0.1, -0.05) is 18.2 Å². The summed E-state index contributed by atoms with van der Waals surface area (Å²) < 4.78 is 48.0. The van der Waals surface area contributed by atoms with Crippen LogP contribution in [-0.4, -0.2) is 41.6 Å². The number of aliphatic carboxylic acids is 1. The van der Waals surface area contributed by atoms with Gasteiger partial charge in [-0.3, -0.25) is 0 Å². The average Bonchev–Trinajstić information content (AvgIpc) is 3.00. The van der Waals surface area contributed by atoms with Gasteiger partial charge in [-0.25, -0.2) is 4.79 Å². The number of carbonyl (C=O) groups is 1. The van der Waals surface area contributed by atoms with Crippen LogP contribution in [0.3, 0.4) is 0 Å². The molecule has 2 aromatic rings. The summed E-state index contributed by atoms with van der Waals surface area (Å²) in [5.41, 5.74) is 0. The molecule has 3 rings (SSSR count). The van der Waals surface area contributed by atoms with Gasteiger partial charge in [0.15, 0.2) is 5.76 Å². The fourth-order valence-electron chi connectivity index (χ4n) is 1.78. The van der Waals surface area contributed by atoms with Crippen molar-refractivity contribution >= 4 is 5.97 Å². The molecule has 1 atom stereocenters. The number of carboxylic acid groups (broad SMARTS) is 1. The van der Waals surface area contributed by atoms with Crippen LogP contribution in [0, 0.1) is 0 Å². The van der Waals surface area contributed by atoms with E-state index in [0.717, 1.165) is 18.7 Å². The summed E-state index contributed by atoms with van der Waals surface area (Å²) >= 11 is 0. The number of ether oxygens (including phenoxy) is 2. The SMILES string of the molecule is O=C(O)C(F)(F)F.c1ccc(OCc2cc(OC[C@@H]3CCN3)no2)cc1. The number of carboxylic acids is 1. The van der Waals surface area contributed by atoms with Gasteiger partial charge in [0.05, 0.1) is 0 Å². The highest BCUT2D eigenvalue weighted by molar-refractivity contribution is 5.73. The van der Waals surface area contributed by atoms with Gasteiger partial charge in [0, 0.05) is 12.1 Å². The third kappa shape index (κ3) is 6.63. The molecular weight excluding hydrogens is 357 g/mol. The molecule has 7 nitrogen and oxygen atoms in total. The Morgan fingerprint density at radius 2 is 1.96 bits per heavy atom. The third-order valence-corrected chi connectivity index (χ3v) is 3.26. The fraction of sp³-hybridized carbons (Fsp3) is 0.375. The molecule has 2 N–H and O–H groups in total. The van der Waals surface area contributed by atoms with E-state index < -0.39 is 12.1 Å². The van der Waals surface area contributed by atoms with E-state index in [1.807, 2.05) is 30.3 Å². The highest BCUT2D eigenvalue weighted by atomic mass is 19.4. The van der Waals surface area contributed by atoms with Crippen molar-refractivity contribution in [2.24, 2.45) is 0 Å². The maximum Gasteiger partial charge on any atom is 0.490 e. The minimum atomic E-state index is -5.08. The molecule has 0 unspecified atom stereocenters. The van der Waals surface area contributed by atoms with Crippen molar-refractivity contribution in [2.45, 2.75) is 25.2 Å². The molecule has 1 aliphatic rings. The number of rotatable bonds is 6. The largest absolute Gasteiger partial charge is 0.490 e. The summed E-state index contributed by atoms with van der Waals surface area (Å²) in [7, 11) is 0. The molecule has 0 amide bonds. The first-order chi connectivity index (χ1) is 12.3. The minimum Gasteiger partial charge on any atom is -0.486 e. The number of nitrogens with zero attached hydrogens (tertiary/aromatic N) is 1. The lowest BCUT2D eigenvalue weighted by Gasteiger charge is -2.26. The Balaban J connectivity index is 0.000000298. The van der Waals surface area contributed by atoms with Gasteiger partial charge in [0.25, 0.3) is 5.88 Å². The Morgan fingerprint density at radius 1 is 1.31 bits per heavy atom. The van der Waals surface area contributed by atoms with E-state index in [4.69, 9.17) is 23.9 Å². The van der Waals surface area contributed by atoms with E-state index in [2.05, 4.69) is 10.5 Å². The third-order valence-electron chi connectivity index (χ3n) is 3.26. The summed E-state index contributed by atoms with van der Waals surface area (Å²) in [4.78, 5) is 8.90. The highest BCUT2D eigenvalue weighted by Gasteiger charge is 2.38. The normalized spacial score (nSPS) is 16.0. The molecule has 1 fully saturated rings. The van der Waals surface area contributed by atoms with Crippen molar-refractivity contribution in [3.63, 3.8) is 0 Å². The van der Waals surface area contributed by atoms with Gasteiger partial charge in [-0.2, -0.15) is 13.2 Å². The number of para-hydroxylation sites is 1. The molecule has 1 aromatic carbocycles. The first-order valence-corrected chi connectivity index (χ1v) is 7.64. The lowest BCUT2D eigenvalue weighted by Crippen LogP contribution is -2.46. The standard InChI is InChI=1S/C14H16N2O3.C2HF3O2/c1-2-4-12(5-3-1)17-10-13-8-14(16-19-13)18-9-11-6-7-15-11;3-2(4,5)1(6)7/h1-5,8,11,15H,6-7,9-10H2;(H,6,7)/t11-;/m0./s1. The van der Waals surface area contributed by atoms with Crippen LogP contribution in [0.15, 0.2) is 40.9 Å². The van der Waals surface area contributed by atoms with Crippen LogP contribution in [0.25, 0.3) is 0 Å². The zero-order chi connectivity index (χ0) is 19.0. The first kappa shape index (κ1) is 19.6. The summed E-state index contributed by atoms with van der Waals surface area (Å²) in [6, 6.07) is 11.8. The second kappa shape index (κ2) is 9.09. The van der Waals surface area contributed by atoms with Gasteiger partial charge in [0.1, 0.15) is 19.0 Å². The molecule has 1 saturated heterocycles. The molecule has 142 valence electrons. The van der Waals surface area contributed by atoms with E-state index in [0.29, 0.717) is 30.9 Å². The van der Waals surface area contributed by atoms with Crippen molar-refractivity contribution in [3.05, 3.63) is 42.2 Å². The predicted octanol–water partition coefficient (Wildman–Crippen LogP) is 2.63. The van der Waals surface area contributed by atoms with Crippen molar-refractivity contribution in [1.29, 1.82) is 0 Å². The monoisotopic (exact) mass is 374 g/mol. The molecule has 2 heterocycles. The van der Waals surface area contributed by atoms with Gasteiger partial charge >= 0.3 is 12.1 Å². The number of halogens is 3. The van der Waals surface area contributed by atoms with E-state index in [1.165, 1.54) is 0 Å². The molecule has 0 spiro atoms. The topological polar surface area (TPSA) is 93.8 Å². The lowest BCUT2D eigenvalue weighted by molar-refractivity contribution is -0.192. The van der Waals surface area contributed by atoms with E-state index in [-0.39, 0.29) is 0 Å². The summed E-state index contributed by atoms with van der Waals surface area (Å²) in [5, 5.41) is 14.2. The number of benzene rings is 1. The average molecular weight is 374 g/mol. The second-order valence-electron chi connectivity index (χ2n) is 5.29. The molecule has 1 aromatic heterocycles. The van der Waals surface area contributed by atoms with Gasteiger partial charge in [0.2, 0.25) is 0 Å². The van der Waals surface area contributed by atoms with E-state index >= 15 is 0 Å². The molecule has 0 bridgehead atoms. The molecule has 26 heavy (non-hydrogen) atoms. The first-order valence-electron chi connectivity index (χ1n) is 7.64. The zero-order valence-corrected chi connectivity index (χ0v) is 13.5. The molecule has 1 aliphatic heterocycles. The lowest BCUT2D eigenvalue weighted by atomic mass is 10.1. The second-order valence-corrected chi connectivity index (χ2v) is 5.29. The van der Waals surface area contributed by atoms with Crippen LogP contribution < -0.4 is 14.8 Å². The predicted molar refractivity (Wildman–Crippen MR) is 82.9 cm³/mol.